The zero-order valence-electron chi connectivity index (χ0n) is 53.7. The molecule has 0 N–H and O–H groups in total. The maximum absolute atomic E-state index is 9.87. The summed E-state index contributed by atoms with van der Waals surface area (Å²) in [4.78, 5) is 10.3. The molecule has 0 radical (unpaired) electrons. The first-order valence-corrected chi connectivity index (χ1v) is 30.1. The standard InChI is InChI=1S/C78H84N4O/c1-50(2)40-52-43-71(79-48-65(52)64-30-23-31-66-72(64)78(14,15)39-38-77(66,12)13)82-69-45-54(74(3,4)5)34-36-62(69)63-37-35-59(47-70(63)82)83-58-27-21-26-57(46-58)80-49-81(68-33-20-19-32-67(68)80)73-60(51-24-17-16-18-25-51)28-22-29-61(73)53-41-55(75(6,7)8)44-56(42-53)76(9,10)11/h16-37,41-48,50H,38-40,49H2,1-15H3/i40D2. The van der Waals surface area contributed by atoms with Gasteiger partial charge < -0.3 is 14.5 Å². The van der Waals surface area contributed by atoms with Crippen molar-refractivity contribution in [3.8, 4) is 50.7 Å². The molecule has 0 spiro atoms. The Balaban J connectivity index is 0.965. The number of ether oxygens (including phenoxy) is 1. The van der Waals surface area contributed by atoms with E-state index in [1.54, 1.807) is 0 Å². The number of fused-ring (bicyclic) bond motifs is 5. The number of hydrogen-bond acceptors (Lipinski definition) is 4. The van der Waals surface area contributed by atoms with Crippen LogP contribution in [0.3, 0.4) is 0 Å². The zero-order chi connectivity index (χ0) is 60.3. The minimum absolute atomic E-state index is 0.00166. The summed E-state index contributed by atoms with van der Waals surface area (Å²) >= 11 is 0. The molecule has 0 atom stereocenters. The number of aromatic nitrogens is 2. The van der Waals surface area contributed by atoms with Gasteiger partial charge >= 0.3 is 0 Å². The summed E-state index contributed by atoms with van der Waals surface area (Å²) in [5.74, 6) is 1.78. The summed E-state index contributed by atoms with van der Waals surface area (Å²) in [5.41, 5.74) is 19.9. The topological polar surface area (TPSA) is 33.5 Å². The van der Waals surface area contributed by atoms with Crippen LogP contribution in [0, 0.1) is 5.92 Å². The predicted octanol–water partition coefficient (Wildman–Crippen LogP) is 21.7. The second kappa shape index (κ2) is 20.5. The molecule has 1 aliphatic carbocycles. The molecule has 1 aliphatic heterocycles. The van der Waals surface area contributed by atoms with E-state index in [9.17, 15) is 2.74 Å². The SMILES string of the molecule is [2H]C([2H])(c1cc(-n2c3cc(Oc4cccc(N5CN(c6c(-c7ccccc7)cccc6-c6cc(C(C)(C)C)cc(C(C)(C)C)c6)c6ccccc65)c4)ccc3c3ccc(C(C)(C)C)cc32)ncc1-c1cccc2c1C(C)(C)CCC2(C)C)C(C)C. The van der Waals surface area contributed by atoms with E-state index in [1.807, 2.05) is 32.2 Å². The number of pyridine rings is 1. The first kappa shape index (κ1) is 53.1. The van der Waals surface area contributed by atoms with Crippen LogP contribution in [0.15, 0.2) is 182 Å². The number of benzene rings is 8. The van der Waals surface area contributed by atoms with E-state index in [-0.39, 0.29) is 33.0 Å². The number of anilines is 4. The maximum Gasteiger partial charge on any atom is 0.137 e. The molecule has 83 heavy (non-hydrogen) atoms. The van der Waals surface area contributed by atoms with Gasteiger partial charge in [-0.2, -0.15) is 0 Å². The molecule has 2 aliphatic rings. The van der Waals surface area contributed by atoms with Crippen LogP contribution < -0.4 is 14.5 Å². The van der Waals surface area contributed by atoms with Gasteiger partial charge in [-0.1, -0.05) is 219 Å². The highest BCUT2D eigenvalue weighted by molar-refractivity contribution is 6.10. The van der Waals surface area contributed by atoms with Gasteiger partial charge in [0, 0.05) is 54.2 Å². The van der Waals surface area contributed by atoms with E-state index in [2.05, 4.69) is 268 Å². The van der Waals surface area contributed by atoms with Gasteiger partial charge in [-0.3, -0.25) is 4.57 Å². The lowest BCUT2D eigenvalue weighted by Gasteiger charge is -2.43. The summed E-state index contributed by atoms with van der Waals surface area (Å²) in [6.07, 6.45) is 2.44. The number of hydrogen-bond donors (Lipinski definition) is 0. The second-order valence-electron chi connectivity index (χ2n) is 28.3. The molecule has 5 heteroatoms. The molecule has 422 valence electrons. The van der Waals surface area contributed by atoms with Crippen LogP contribution in [0.5, 0.6) is 11.5 Å². The zero-order valence-corrected chi connectivity index (χ0v) is 51.7. The number of rotatable bonds is 10. The minimum atomic E-state index is -1.67. The molecule has 0 fully saturated rings. The van der Waals surface area contributed by atoms with Gasteiger partial charge in [0.1, 0.15) is 24.0 Å². The Morgan fingerprint density at radius 2 is 1.10 bits per heavy atom. The highest BCUT2D eigenvalue weighted by atomic mass is 16.5. The molecule has 12 rings (SSSR count). The third-order valence-corrected chi connectivity index (χ3v) is 17.8. The Bertz CT molecular complexity index is 4190. The molecule has 0 bridgehead atoms. The average Bonchev–Trinajstić information content (AvgIpc) is 1.88. The quantitative estimate of drug-likeness (QED) is 0.137. The highest BCUT2D eigenvalue weighted by Crippen LogP contribution is 2.53. The summed E-state index contributed by atoms with van der Waals surface area (Å²) in [6.45, 7) is 34.6. The Kier molecular flexibility index (Phi) is 13.1. The van der Waals surface area contributed by atoms with Gasteiger partial charge in [0.15, 0.2) is 0 Å². The van der Waals surface area contributed by atoms with Crippen molar-refractivity contribution in [2.75, 3.05) is 16.5 Å². The van der Waals surface area contributed by atoms with Crippen molar-refractivity contribution in [2.45, 2.75) is 150 Å². The molecular formula is C78H84N4O. The minimum Gasteiger partial charge on any atom is -0.457 e. The fourth-order valence-corrected chi connectivity index (χ4v) is 13.0. The average molecular weight is 1100 g/mol. The molecule has 10 aromatic rings. The molecule has 5 nitrogen and oxygen atoms in total. The summed E-state index contributed by atoms with van der Waals surface area (Å²) < 4.78 is 29.0. The predicted molar refractivity (Wildman–Crippen MR) is 353 cm³/mol. The second-order valence-corrected chi connectivity index (χ2v) is 28.3. The molecule has 8 aromatic carbocycles. The molecule has 0 unspecified atom stereocenters. The fourth-order valence-electron chi connectivity index (χ4n) is 13.0. The van der Waals surface area contributed by atoms with Crippen LogP contribution in [0.25, 0.3) is 61.0 Å². The van der Waals surface area contributed by atoms with E-state index in [0.29, 0.717) is 23.8 Å². The first-order chi connectivity index (χ1) is 40.1. The molecule has 0 amide bonds. The molecular weight excluding hydrogens is 1010 g/mol. The normalized spacial score (nSPS) is 15.6. The van der Waals surface area contributed by atoms with Gasteiger partial charge in [0.2, 0.25) is 0 Å². The third-order valence-electron chi connectivity index (χ3n) is 17.8. The Morgan fingerprint density at radius 1 is 0.518 bits per heavy atom. The van der Waals surface area contributed by atoms with Crippen LogP contribution in [-0.4, -0.2) is 16.2 Å². The fraction of sp³-hybridized carbons (Fsp3) is 0.321. The first-order valence-electron chi connectivity index (χ1n) is 31.1. The van der Waals surface area contributed by atoms with E-state index < -0.39 is 6.37 Å². The lowest BCUT2D eigenvalue weighted by Crippen LogP contribution is -2.34. The molecule has 0 saturated carbocycles. The van der Waals surface area contributed by atoms with Crippen LogP contribution in [-0.2, 0) is 33.4 Å². The Hall–Kier alpha value is -7.89. The van der Waals surface area contributed by atoms with Gasteiger partial charge in [-0.25, -0.2) is 4.98 Å². The summed E-state index contributed by atoms with van der Waals surface area (Å²) in [7, 11) is 0. The van der Waals surface area contributed by atoms with Crippen molar-refractivity contribution in [1.29, 1.82) is 0 Å². The number of para-hydroxylation sites is 3. The molecule has 2 aromatic heterocycles. The van der Waals surface area contributed by atoms with Crippen LogP contribution in [0.4, 0.5) is 22.7 Å². The maximum atomic E-state index is 9.87. The largest absolute Gasteiger partial charge is 0.457 e. The monoisotopic (exact) mass is 1090 g/mol. The van der Waals surface area contributed by atoms with Crippen LogP contribution >= 0.6 is 0 Å². The lowest BCUT2D eigenvalue weighted by molar-refractivity contribution is 0.333. The van der Waals surface area contributed by atoms with Gasteiger partial charge in [-0.05, 0) is 151 Å². The smallest absolute Gasteiger partial charge is 0.137 e. The third kappa shape index (κ3) is 10.3. The van der Waals surface area contributed by atoms with Crippen molar-refractivity contribution in [2.24, 2.45) is 5.92 Å². The highest BCUT2D eigenvalue weighted by Gasteiger charge is 2.39. The van der Waals surface area contributed by atoms with Crippen molar-refractivity contribution < 1.29 is 7.48 Å². The van der Waals surface area contributed by atoms with E-state index in [1.165, 1.54) is 55.8 Å². The van der Waals surface area contributed by atoms with Crippen molar-refractivity contribution in [1.82, 2.24) is 9.55 Å². The van der Waals surface area contributed by atoms with E-state index in [4.69, 9.17) is 9.72 Å². The van der Waals surface area contributed by atoms with Gasteiger partial charge in [0.25, 0.3) is 0 Å². The summed E-state index contributed by atoms with van der Waals surface area (Å²) in [5, 5.41) is 2.17. The van der Waals surface area contributed by atoms with E-state index >= 15 is 0 Å². The molecule has 0 saturated heterocycles. The lowest BCUT2D eigenvalue weighted by atomic mass is 9.61. The van der Waals surface area contributed by atoms with Crippen LogP contribution in [0.1, 0.15) is 153 Å². The van der Waals surface area contributed by atoms with Crippen molar-refractivity contribution in [3.63, 3.8) is 0 Å². The summed E-state index contributed by atoms with van der Waals surface area (Å²) in [6, 6.07) is 64.0. The van der Waals surface area contributed by atoms with Crippen LogP contribution in [0.2, 0.25) is 0 Å². The Morgan fingerprint density at radius 3 is 1.77 bits per heavy atom. The Labute approximate surface area is 497 Å². The van der Waals surface area contributed by atoms with Gasteiger partial charge in [-0.15, -0.1) is 0 Å². The number of nitrogens with zero attached hydrogens (tertiary/aromatic N) is 4. The van der Waals surface area contributed by atoms with Crippen molar-refractivity contribution >= 4 is 44.6 Å². The van der Waals surface area contributed by atoms with Crippen molar-refractivity contribution in [3.05, 3.63) is 216 Å². The molecule has 3 heterocycles. The van der Waals surface area contributed by atoms with E-state index in [0.717, 1.165) is 68.6 Å². The van der Waals surface area contributed by atoms with Gasteiger partial charge in [0.05, 0.1) is 28.1 Å².